The van der Waals surface area contributed by atoms with Gasteiger partial charge in [-0.05, 0) is 47.7 Å². The van der Waals surface area contributed by atoms with E-state index in [1.165, 1.54) is 11.6 Å². The summed E-state index contributed by atoms with van der Waals surface area (Å²) in [5.74, 6) is -0.301. The first kappa shape index (κ1) is 14.0. The van der Waals surface area contributed by atoms with Crippen molar-refractivity contribution in [1.82, 2.24) is 0 Å². The Kier molecular flexibility index (Phi) is 4.23. The third-order valence-electron chi connectivity index (χ3n) is 3.38. The molecule has 0 saturated carbocycles. The lowest BCUT2D eigenvalue weighted by molar-refractivity contribution is 0.617. The van der Waals surface area contributed by atoms with Crippen LogP contribution >= 0.6 is 11.6 Å². The highest BCUT2D eigenvalue weighted by Gasteiger charge is 2.16. The molecule has 0 aliphatic carbocycles. The maximum absolute atomic E-state index is 13.4. The Bertz CT molecular complexity index is 595. The zero-order valence-corrected chi connectivity index (χ0v) is 11.8. The van der Waals surface area contributed by atoms with Crippen LogP contribution in [-0.4, -0.2) is 0 Å². The molecule has 0 aliphatic rings. The number of hydrogen-bond donors (Lipinski definition) is 1. The molecule has 0 aromatic heterocycles. The molecule has 2 aromatic carbocycles. The van der Waals surface area contributed by atoms with Crippen molar-refractivity contribution in [2.45, 2.75) is 26.3 Å². The van der Waals surface area contributed by atoms with Crippen LogP contribution in [0.4, 0.5) is 4.39 Å². The molecule has 1 atom stereocenters. The summed E-state index contributed by atoms with van der Waals surface area (Å²) in [6.45, 7) is 3.80. The van der Waals surface area contributed by atoms with Gasteiger partial charge < -0.3 is 5.73 Å². The van der Waals surface area contributed by atoms with Gasteiger partial charge in [0.05, 0.1) is 6.04 Å². The van der Waals surface area contributed by atoms with Crippen LogP contribution in [0, 0.1) is 12.7 Å². The largest absolute Gasteiger partial charge is 0.320 e. The third-order valence-corrected chi connectivity index (χ3v) is 3.71. The van der Waals surface area contributed by atoms with Gasteiger partial charge in [-0.25, -0.2) is 4.39 Å². The highest BCUT2D eigenvalue weighted by atomic mass is 35.5. The van der Waals surface area contributed by atoms with Gasteiger partial charge in [0, 0.05) is 5.02 Å². The van der Waals surface area contributed by atoms with E-state index in [0.717, 1.165) is 17.5 Å². The second-order valence-corrected chi connectivity index (χ2v) is 5.06. The van der Waals surface area contributed by atoms with E-state index in [1.807, 2.05) is 18.2 Å². The highest BCUT2D eigenvalue weighted by molar-refractivity contribution is 6.31. The number of aryl methyl sites for hydroxylation is 2. The van der Waals surface area contributed by atoms with E-state index < -0.39 is 0 Å². The zero-order chi connectivity index (χ0) is 14.0. The standard InChI is InChI=1S/C16H17ClFN/c1-3-11-6-4-5-7-12(11)16(19)13-8-10(2)15(18)9-14(13)17/h4-9,16H,3,19H2,1-2H3. The van der Waals surface area contributed by atoms with E-state index in [-0.39, 0.29) is 11.9 Å². The predicted molar refractivity (Wildman–Crippen MR) is 78.0 cm³/mol. The summed E-state index contributed by atoms with van der Waals surface area (Å²) >= 11 is 6.12. The molecule has 100 valence electrons. The summed E-state index contributed by atoms with van der Waals surface area (Å²) < 4.78 is 13.4. The molecule has 0 amide bonds. The Balaban J connectivity index is 2.50. The Labute approximate surface area is 118 Å². The fraction of sp³-hybridized carbons (Fsp3) is 0.250. The molecule has 0 bridgehead atoms. The Morgan fingerprint density at radius 2 is 1.89 bits per heavy atom. The summed E-state index contributed by atoms with van der Waals surface area (Å²) in [6, 6.07) is 10.7. The number of benzene rings is 2. The van der Waals surface area contributed by atoms with Crippen molar-refractivity contribution in [3.05, 3.63) is 69.5 Å². The van der Waals surface area contributed by atoms with Gasteiger partial charge in [-0.2, -0.15) is 0 Å². The van der Waals surface area contributed by atoms with Crippen LogP contribution < -0.4 is 5.73 Å². The van der Waals surface area contributed by atoms with Gasteiger partial charge in [0.1, 0.15) is 5.82 Å². The molecule has 0 heterocycles. The molecule has 0 aliphatic heterocycles. The minimum Gasteiger partial charge on any atom is -0.320 e. The van der Waals surface area contributed by atoms with Gasteiger partial charge in [0.15, 0.2) is 0 Å². The van der Waals surface area contributed by atoms with Crippen LogP contribution in [0.1, 0.15) is 35.2 Å². The molecule has 2 aromatic rings. The van der Waals surface area contributed by atoms with Gasteiger partial charge in [0.2, 0.25) is 0 Å². The van der Waals surface area contributed by atoms with Crippen LogP contribution in [0.25, 0.3) is 0 Å². The van der Waals surface area contributed by atoms with E-state index in [1.54, 1.807) is 13.0 Å². The average Bonchev–Trinajstić information content (AvgIpc) is 2.42. The predicted octanol–water partition coefficient (Wildman–Crippen LogP) is 4.40. The minimum atomic E-state index is -0.331. The summed E-state index contributed by atoms with van der Waals surface area (Å²) in [5.41, 5.74) is 9.86. The molecule has 1 nitrogen and oxygen atoms in total. The van der Waals surface area contributed by atoms with E-state index in [9.17, 15) is 4.39 Å². The molecule has 19 heavy (non-hydrogen) atoms. The molecule has 0 spiro atoms. The van der Waals surface area contributed by atoms with Crippen LogP contribution in [0.2, 0.25) is 5.02 Å². The van der Waals surface area contributed by atoms with Gasteiger partial charge in [-0.3, -0.25) is 0 Å². The molecular formula is C16H17ClFN. The first-order valence-corrected chi connectivity index (χ1v) is 6.71. The van der Waals surface area contributed by atoms with Gasteiger partial charge in [-0.1, -0.05) is 42.8 Å². The number of rotatable bonds is 3. The number of nitrogens with two attached hydrogens (primary N) is 1. The van der Waals surface area contributed by atoms with Gasteiger partial charge >= 0.3 is 0 Å². The summed E-state index contributed by atoms with van der Waals surface area (Å²) in [4.78, 5) is 0. The molecule has 0 radical (unpaired) electrons. The summed E-state index contributed by atoms with van der Waals surface area (Å²) in [7, 11) is 0. The summed E-state index contributed by atoms with van der Waals surface area (Å²) in [5, 5.41) is 0.376. The van der Waals surface area contributed by atoms with Crippen molar-refractivity contribution in [2.24, 2.45) is 5.73 Å². The minimum absolute atomic E-state index is 0.301. The van der Waals surface area contributed by atoms with Crippen molar-refractivity contribution in [3.8, 4) is 0 Å². The van der Waals surface area contributed by atoms with Gasteiger partial charge in [-0.15, -0.1) is 0 Å². The normalized spacial score (nSPS) is 12.5. The average molecular weight is 278 g/mol. The Morgan fingerprint density at radius 3 is 2.58 bits per heavy atom. The third kappa shape index (κ3) is 2.80. The highest BCUT2D eigenvalue weighted by Crippen LogP contribution is 2.30. The molecular weight excluding hydrogens is 261 g/mol. The van der Waals surface area contributed by atoms with Gasteiger partial charge in [0.25, 0.3) is 0 Å². The fourth-order valence-electron chi connectivity index (χ4n) is 2.25. The fourth-order valence-corrected chi connectivity index (χ4v) is 2.51. The van der Waals surface area contributed by atoms with Crippen LogP contribution in [0.5, 0.6) is 0 Å². The van der Waals surface area contributed by atoms with Crippen LogP contribution in [0.15, 0.2) is 36.4 Å². The molecule has 0 saturated heterocycles. The molecule has 0 fully saturated rings. The number of halogens is 2. The maximum atomic E-state index is 13.4. The van der Waals surface area contributed by atoms with Crippen molar-refractivity contribution in [3.63, 3.8) is 0 Å². The van der Waals surface area contributed by atoms with Crippen LogP contribution in [-0.2, 0) is 6.42 Å². The second kappa shape index (κ2) is 5.72. The maximum Gasteiger partial charge on any atom is 0.127 e. The monoisotopic (exact) mass is 277 g/mol. The van der Waals surface area contributed by atoms with Crippen LogP contribution in [0.3, 0.4) is 0 Å². The SMILES string of the molecule is CCc1ccccc1C(N)c1cc(C)c(F)cc1Cl. The van der Waals surface area contributed by atoms with E-state index in [4.69, 9.17) is 17.3 Å². The first-order chi connectivity index (χ1) is 9.04. The lowest BCUT2D eigenvalue weighted by atomic mass is 9.93. The lowest BCUT2D eigenvalue weighted by Gasteiger charge is -2.18. The quantitative estimate of drug-likeness (QED) is 0.884. The zero-order valence-electron chi connectivity index (χ0n) is 11.1. The van der Waals surface area contributed by atoms with E-state index >= 15 is 0 Å². The second-order valence-electron chi connectivity index (χ2n) is 4.65. The smallest absolute Gasteiger partial charge is 0.127 e. The topological polar surface area (TPSA) is 26.0 Å². The van der Waals surface area contributed by atoms with Crippen molar-refractivity contribution in [2.75, 3.05) is 0 Å². The molecule has 3 heteroatoms. The van der Waals surface area contributed by atoms with Crippen molar-refractivity contribution < 1.29 is 4.39 Å². The van der Waals surface area contributed by atoms with E-state index in [0.29, 0.717) is 10.6 Å². The Hall–Kier alpha value is -1.38. The summed E-state index contributed by atoms with van der Waals surface area (Å²) in [6.07, 6.45) is 0.904. The van der Waals surface area contributed by atoms with E-state index in [2.05, 4.69) is 13.0 Å². The van der Waals surface area contributed by atoms with Crippen molar-refractivity contribution in [1.29, 1.82) is 0 Å². The number of hydrogen-bond acceptors (Lipinski definition) is 1. The Morgan fingerprint density at radius 1 is 1.21 bits per heavy atom. The molecule has 2 rings (SSSR count). The molecule has 1 unspecified atom stereocenters. The molecule has 2 N–H and O–H groups in total. The lowest BCUT2D eigenvalue weighted by Crippen LogP contribution is -2.15. The first-order valence-electron chi connectivity index (χ1n) is 6.33. The van der Waals surface area contributed by atoms with Crippen molar-refractivity contribution >= 4 is 11.6 Å².